The molecule has 2 aromatic rings. The summed E-state index contributed by atoms with van der Waals surface area (Å²) in [5.41, 5.74) is 0.723. The molecule has 2 rings (SSSR count). The summed E-state index contributed by atoms with van der Waals surface area (Å²) in [6.45, 7) is 1.31. The number of benzene rings is 2. The van der Waals surface area contributed by atoms with E-state index in [-0.39, 0.29) is 18.3 Å². The van der Waals surface area contributed by atoms with Gasteiger partial charge in [0.15, 0.2) is 6.61 Å². The van der Waals surface area contributed by atoms with Crippen molar-refractivity contribution in [2.45, 2.75) is 6.10 Å². The fourth-order valence-corrected chi connectivity index (χ4v) is 2.06. The van der Waals surface area contributed by atoms with Crippen molar-refractivity contribution in [1.29, 1.82) is 0 Å². The van der Waals surface area contributed by atoms with Gasteiger partial charge in [0, 0.05) is 19.6 Å². The fraction of sp³-hybridized carbons (Fsp3) is 0.278. The van der Waals surface area contributed by atoms with Gasteiger partial charge in [-0.05, 0) is 29.8 Å². The second-order valence-electron chi connectivity index (χ2n) is 5.26. The van der Waals surface area contributed by atoms with Gasteiger partial charge in [-0.1, -0.05) is 30.3 Å². The van der Waals surface area contributed by atoms with Crippen LogP contribution in [-0.4, -0.2) is 42.4 Å². The molecule has 1 unspecified atom stereocenters. The Balaban J connectivity index is 1.56. The first-order chi connectivity index (χ1) is 11.6. The molecule has 2 aromatic carbocycles. The van der Waals surface area contributed by atoms with Gasteiger partial charge in [0.2, 0.25) is 0 Å². The minimum atomic E-state index is -0.664. The number of amides is 1. The highest BCUT2D eigenvalue weighted by Crippen LogP contribution is 2.15. The van der Waals surface area contributed by atoms with Crippen molar-refractivity contribution in [2.75, 3.05) is 26.2 Å². The summed E-state index contributed by atoms with van der Waals surface area (Å²) in [6.07, 6.45) is -0.664. The molecule has 0 aliphatic carbocycles. The van der Waals surface area contributed by atoms with E-state index in [1.807, 2.05) is 18.2 Å². The Labute approximate surface area is 141 Å². The van der Waals surface area contributed by atoms with E-state index in [1.165, 1.54) is 12.1 Å². The zero-order valence-electron chi connectivity index (χ0n) is 13.3. The van der Waals surface area contributed by atoms with E-state index in [9.17, 15) is 15.0 Å². The van der Waals surface area contributed by atoms with E-state index in [0.29, 0.717) is 25.4 Å². The van der Waals surface area contributed by atoms with Gasteiger partial charge in [-0.15, -0.1) is 0 Å². The van der Waals surface area contributed by atoms with Crippen molar-refractivity contribution < 1.29 is 19.7 Å². The molecule has 6 nitrogen and oxygen atoms in total. The van der Waals surface area contributed by atoms with E-state index < -0.39 is 6.10 Å². The number of nitrogens with one attached hydrogen (secondary N) is 2. The summed E-state index contributed by atoms with van der Waals surface area (Å²) in [5, 5.41) is 25.0. The molecule has 6 heteroatoms. The van der Waals surface area contributed by atoms with Gasteiger partial charge >= 0.3 is 0 Å². The molecule has 0 spiro atoms. The Hall–Kier alpha value is -2.57. The van der Waals surface area contributed by atoms with Crippen molar-refractivity contribution in [3.8, 4) is 11.5 Å². The molecule has 0 fully saturated rings. The number of rotatable bonds is 9. The summed E-state index contributed by atoms with van der Waals surface area (Å²) in [6, 6.07) is 15.6. The van der Waals surface area contributed by atoms with Crippen LogP contribution in [0.5, 0.6) is 11.5 Å². The van der Waals surface area contributed by atoms with E-state index in [0.717, 1.165) is 5.56 Å². The average Bonchev–Trinajstić information content (AvgIpc) is 2.61. The molecule has 0 saturated carbocycles. The molecule has 1 atom stereocenters. The third-order valence-electron chi connectivity index (χ3n) is 3.35. The largest absolute Gasteiger partial charge is 0.508 e. The molecule has 0 saturated heterocycles. The van der Waals surface area contributed by atoms with E-state index >= 15 is 0 Å². The highest BCUT2D eigenvalue weighted by Gasteiger charge is 2.07. The standard InChI is InChI=1S/C18H22N2O4/c21-15-8-6-14(7-9-15)17(22)12-19-10-11-20-18(23)13-24-16-4-2-1-3-5-16/h1-9,17,19,21-22H,10-13H2,(H,20,23). The second-order valence-corrected chi connectivity index (χ2v) is 5.26. The molecule has 0 heterocycles. The maximum Gasteiger partial charge on any atom is 0.257 e. The van der Waals surface area contributed by atoms with E-state index in [1.54, 1.807) is 24.3 Å². The van der Waals surface area contributed by atoms with Crippen molar-refractivity contribution >= 4 is 5.91 Å². The van der Waals surface area contributed by atoms with Gasteiger partial charge in [-0.3, -0.25) is 4.79 Å². The third kappa shape index (κ3) is 6.28. The van der Waals surface area contributed by atoms with Gasteiger partial charge in [-0.25, -0.2) is 0 Å². The first-order valence-electron chi connectivity index (χ1n) is 7.77. The predicted octanol–water partition coefficient (Wildman–Crippen LogP) is 1.21. The molecule has 0 bridgehead atoms. The molecule has 128 valence electrons. The topological polar surface area (TPSA) is 90.8 Å². The molecular formula is C18H22N2O4. The highest BCUT2D eigenvalue weighted by molar-refractivity contribution is 5.77. The van der Waals surface area contributed by atoms with Gasteiger partial charge in [0.25, 0.3) is 5.91 Å². The van der Waals surface area contributed by atoms with Crippen molar-refractivity contribution in [1.82, 2.24) is 10.6 Å². The Kier molecular flexibility index (Phi) is 7.07. The SMILES string of the molecule is O=C(COc1ccccc1)NCCNCC(O)c1ccc(O)cc1. The Morgan fingerprint density at radius 2 is 1.75 bits per heavy atom. The van der Waals surface area contributed by atoms with Crippen LogP contribution in [0.1, 0.15) is 11.7 Å². The van der Waals surface area contributed by atoms with Crippen LogP contribution in [0.15, 0.2) is 54.6 Å². The Morgan fingerprint density at radius 3 is 2.46 bits per heavy atom. The van der Waals surface area contributed by atoms with Crippen LogP contribution in [0.25, 0.3) is 0 Å². The number of aliphatic hydroxyl groups excluding tert-OH is 1. The second kappa shape index (κ2) is 9.54. The lowest BCUT2D eigenvalue weighted by atomic mass is 10.1. The van der Waals surface area contributed by atoms with Crippen LogP contribution in [0.4, 0.5) is 0 Å². The summed E-state index contributed by atoms with van der Waals surface area (Å²) in [5.74, 6) is 0.627. The van der Waals surface area contributed by atoms with E-state index in [2.05, 4.69) is 10.6 Å². The highest BCUT2D eigenvalue weighted by atomic mass is 16.5. The van der Waals surface area contributed by atoms with Crippen LogP contribution in [0.3, 0.4) is 0 Å². The molecule has 0 aliphatic rings. The molecule has 4 N–H and O–H groups in total. The number of hydrogen-bond donors (Lipinski definition) is 4. The smallest absolute Gasteiger partial charge is 0.257 e. The van der Waals surface area contributed by atoms with Crippen LogP contribution < -0.4 is 15.4 Å². The minimum absolute atomic E-state index is 0.0276. The maximum atomic E-state index is 11.6. The molecule has 24 heavy (non-hydrogen) atoms. The quantitative estimate of drug-likeness (QED) is 0.519. The van der Waals surface area contributed by atoms with Crippen molar-refractivity contribution in [2.24, 2.45) is 0 Å². The minimum Gasteiger partial charge on any atom is -0.508 e. The molecule has 0 aliphatic heterocycles. The molecule has 0 radical (unpaired) electrons. The average molecular weight is 330 g/mol. The van der Waals surface area contributed by atoms with Crippen LogP contribution in [0, 0.1) is 0 Å². The summed E-state index contributed by atoms with van der Waals surface area (Å²) >= 11 is 0. The normalized spacial score (nSPS) is 11.7. The van der Waals surface area contributed by atoms with Crippen molar-refractivity contribution in [3.63, 3.8) is 0 Å². The number of aromatic hydroxyl groups is 1. The fourth-order valence-electron chi connectivity index (χ4n) is 2.06. The molecular weight excluding hydrogens is 308 g/mol. The Morgan fingerprint density at radius 1 is 1.04 bits per heavy atom. The maximum absolute atomic E-state index is 11.6. The summed E-state index contributed by atoms with van der Waals surface area (Å²) in [7, 11) is 0. The number of phenols is 1. The van der Waals surface area contributed by atoms with Gasteiger partial charge in [0.1, 0.15) is 11.5 Å². The number of ether oxygens (including phenoxy) is 1. The van der Waals surface area contributed by atoms with Crippen LogP contribution in [-0.2, 0) is 4.79 Å². The monoisotopic (exact) mass is 330 g/mol. The number of hydrogen-bond acceptors (Lipinski definition) is 5. The first kappa shape index (κ1) is 17.8. The molecule has 0 aromatic heterocycles. The van der Waals surface area contributed by atoms with Crippen LogP contribution >= 0.6 is 0 Å². The Bertz CT molecular complexity index is 617. The molecule has 1 amide bonds. The van der Waals surface area contributed by atoms with Gasteiger partial charge in [-0.2, -0.15) is 0 Å². The predicted molar refractivity (Wildman–Crippen MR) is 90.9 cm³/mol. The number of aliphatic hydroxyl groups is 1. The lowest BCUT2D eigenvalue weighted by Gasteiger charge is -2.13. The van der Waals surface area contributed by atoms with E-state index in [4.69, 9.17) is 4.74 Å². The van der Waals surface area contributed by atoms with Gasteiger partial charge < -0.3 is 25.6 Å². The lowest BCUT2D eigenvalue weighted by Crippen LogP contribution is -2.35. The number of phenolic OH excluding ortho intramolecular Hbond substituents is 1. The first-order valence-corrected chi connectivity index (χ1v) is 7.77. The number of carbonyl (C=O) groups excluding carboxylic acids is 1. The lowest BCUT2D eigenvalue weighted by molar-refractivity contribution is -0.123. The van der Waals surface area contributed by atoms with Crippen LogP contribution in [0.2, 0.25) is 0 Å². The summed E-state index contributed by atoms with van der Waals surface area (Å²) < 4.78 is 5.34. The third-order valence-corrected chi connectivity index (χ3v) is 3.35. The van der Waals surface area contributed by atoms with Crippen molar-refractivity contribution in [3.05, 3.63) is 60.2 Å². The summed E-state index contributed by atoms with van der Waals surface area (Å²) in [4.78, 5) is 11.6. The van der Waals surface area contributed by atoms with Gasteiger partial charge in [0.05, 0.1) is 6.10 Å². The zero-order valence-corrected chi connectivity index (χ0v) is 13.3. The number of para-hydroxylation sites is 1. The zero-order chi connectivity index (χ0) is 17.2. The number of carbonyl (C=O) groups is 1.